The van der Waals surface area contributed by atoms with Crippen molar-refractivity contribution in [2.24, 2.45) is 5.16 Å². The Morgan fingerprint density at radius 2 is 1.65 bits per heavy atom. The summed E-state index contributed by atoms with van der Waals surface area (Å²) in [6.07, 6.45) is -8.15. The molecule has 26 heavy (non-hydrogen) atoms. The molecule has 0 aliphatic carbocycles. The number of benzene rings is 1. The van der Waals surface area contributed by atoms with Crippen LogP contribution in [0.5, 0.6) is 0 Å². The third kappa shape index (κ3) is 4.94. The quantitative estimate of drug-likeness (QED) is 0.242. The summed E-state index contributed by atoms with van der Waals surface area (Å²) in [4.78, 5) is 19.7. The highest BCUT2D eigenvalue weighted by atomic mass is 35.5. The van der Waals surface area contributed by atoms with Gasteiger partial charge in [0, 0.05) is 6.20 Å². The summed E-state index contributed by atoms with van der Waals surface area (Å²) in [6, 6.07) is 3.46. The molecule has 0 aliphatic heterocycles. The summed E-state index contributed by atoms with van der Waals surface area (Å²) in [5.74, 6) is -1.08. The highest BCUT2D eigenvalue weighted by molar-refractivity contribution is 6.32. The van der Waals surface area contributed by atoms with Crippen LogP contribution in [0.4, 0.5) is 26.3 Å². The molecule has 0 N–H and O–H groups in total. The number of carbonyl (C=O) groups is 1. The van der Waals surface area contributed by atoms with E-state index in [0.717, 1.165) is 0 Å². The van der Waals surface area contributed by atoms with Crippen molar-refractivity contribution in [2.45, 2.75) is 12.4 Å². The Morgan fingerprint density at radius 1 is 1.08 bits per heavy atom. The average Bonchev–Trinajstić information content (AvgIpc) is 2.53. The standard InChI is InChI=1S/C15H7ClF6N2O2/c16-12-11(2-1-3-23-12)13(25)26-24-7-8-4-9(14(17,18)19)6-10(5-8)15(20,21)22/h1-7H/b24-7-. The van der Waals surface area contributed by atoms with Crippen molar-refractivity contribution in [1.29, 1.82) is 0 Å². The molecular formula is C15H7ClF6N2O2. The number of halogens is 7. The lowest BCUT2D eigenvalue weighted by molar-refractivity contribution is -0.143. The van der Waals surface area contributed by atoms with Crippen LogP contribution in [0.25, 0.3) is 0 Å². The number of aromatic nitrogens is 1. The van der Waals surface area contributed by atoms with Crippen LogP contribution in [0.15, 0.2) is 41.7 Å². The van der Waals surface area contributed by atoms with Crippen LogP contribution in [0, 0.1) is 0 Å². The fourth-order valence-electron chi connectivity index (χ4n) is 1.78. The van der Waals surface area contributed by atoms with Crippen LogP contribution >= 0.6 is 11.6 Å². The van der Waals surface area contributed by atoms with Gasteiger partial charge in [0.05, 0.1) is 22.9 Å². The van der Waals surface area contributed by atoms with E-state index in [9.17, 15) is 31.1 Å². The first-order valence-corrected chi connectivity index (χ1v) is 7.01. The zero-order valence-electron chi connectivity index (χ0n) is 12.4. The number of pyridine rings is 1. The molecule has 0 radical (unpaired) electrons. The summed E-state index contributed by atoms with van der Waals surface area (Å²) in [7, 11) is 0. The van der Waals surface area contributed by atoms with E-state index < -0.39 is 35.0 Å². The van der Waals surface area contributed by atoms with Crippen LogP contribution in [0.3, 0.4) is 0 Å². The number of nitrogens with zero attached hydrogens (tertiary/aromatic N) is 2. The number of alkyl halides is 6. The van der Waals surface area contributed by atoms with Gasteiger partial charge >= 0.3 is 18.3 Å². The van der Waals surface area contributed by atoms with Gasteiger partial charge in [-0.1, -0.05) is 16.8 Å². The van der Waals surface area contributed by atoms with E-state index in [1.165, 1.54) is 18.3 Å². The van der Waals surface area contributed by atoms with Gasteiger partial charge in [-0.25, -0.2) is 9.78 Å². The van der Waals surface area contributed by atoms with E-state index in [1.807, 2.05) is 0 Å². The van der Waals surface area contributed by atoms with E-state index in [4.69, 9.17) is 11.6 Å². The van der Waals surface area contributed by atoms with E-state index in [2.05, 4.69) is 15.0 Å². The van der Waals surface area contributed by atoms with Gasteiger partial charge < -0.3 is 4.84 Å². The minimum atomic E-state index is -5.00. The maximum atomic E-state index is 12.7. The molecule has 0 spiro atoms. The third-order valence-electron chi connectivity index (χ3n) is 2.93. The predicted molar refractivity (Wildman–Crippen MR) is 78.7 cm³/mol. The van der Waals surface area contributed by atoms with E-state index >= 15 is 0 Å². The molecule has 0 aliphatic rings. The fraction of sp³-hybridized carbons (Fsp3) is 0.133. The molecule has 0 bridgehead atoms. The molecule has 138 valence electrons. The van der Waals surface area contributed by atoms with Crippen molar-refractivity contribution in [1.82, 2.24) is 4.98 Å². The van der Waals surface area contributed by atoms with Crippen molar-refractivity contribution in [2.75, 3.05) is 0 Å². The molecule has 1 aromatic heterocycles. The summed E-state index contributed by atoms with van der Waals surface area (Å²) < 4.78 is 76.4. The molecule has 1 aromatic carbocycles. The van der Waals surface area contributed by atoms with Gasteiger partial charge in [0.2, 0.25) is 0 Å². The van der Waals surface area contributed by atoms with Crippen LogP contribution in [-0.2, 0) is 17.2 Å². The first kappa shape index (κ1) is 19.7. The SMILES string of the molecule is O=C(O/N=C\c1cc(C(F)(F)F)cc(C(F)(F)F)c1)c1cccnc1Cl. The Morgan fingerprint density at radius 3 is 2.15 bits per heavy atom. The van der Waals surface area contributed by atoms with Gasteiger partial charge in [-0.3, -0.25) is 0 Å². The fourth-order valence-corrected chi connectivity index (χ4v) is 1.97. The van der Waals surface area contributed by atoms with E-state index in [0.29, 0.717) is 18.3 Å². The first-order chi connectivity index (χ1) is 12.0. The number of carbonyl (C=O) groups excluding carboxylic acids is 1. The number of hydrogen-bond acceptors (Lipinski definition) is 4. The van der Waals surface area contributed by atoms with Gasteiger partial charge in [0.25, 0.3) is 0 Å². The Bertz CT molecular complexity index is 817. The molecule has 0 saturated heterocycles. The van der Waals surface area contributed by atoms with Crippen molar-refractivity contribution in [3.63, 3.8) is 0 Å². The molecule has 1 heterocycles. The van der Waals surface area contributed by atoms with E-state index in [-0.39, 0.29) is 16.8 Å². The lowest BCUT2D eigenvalue weighted by Crippen LogP contribution is -2.11. The molecule has 0 saturated carbocycles. The topological polar surface area (TPSA) is 51.5 Å². The normalized spacial score (nSPS) is 12.4. The van der Waals surface area contributed by atoms with Gasteiger partial charge in [-0.2, -0.15) is 26.3 Å². The molecule has 0 atom stereocenters. The Kier molecular flexibility index (Phi) is 5.55. The number of oxime groups is 1. The van der Waals surface area contributed by atoms with Crippen LogP contribution in [-0.4, -0.2) is 17.2 Å². The zero-order valence-corrected chi connectivity index (χ0v) is 13.2. The van der Waals surface area contributed by atoms with Crippen molar-refractivity contribution in [3.8, 4) is 0 Å². The maximum absolute atomic E-state index is 12.7. The Labute approximate surface area is 147 Å². The van der Waals surface area contributed by atoms with Crippen molar-refractivity contribution in [3.05, 3.63) is 63.9 Å². The highest BCUT2D eigenvalue weighted by Gasteiger charge is 2.36. The minimum absolute atomic E-state index is 0.0290. The second kappa shape index (κ2) is 7.32. The molecule has 11 heteroatoms. The molecule has 0 fully saturated rings. The summed E-state index contributed by atoms with van der Waals surface area (Å²) in [6.45, 7) is 0. The molecule has 0 unspecified atom stereocenters. The van der Waals surface area contributed by atoms with Gasteiger partial charge in [0.1, 0.15) is 5.15 Å². The lowest BCUT2D eigenvalue weighted by Gasteiger charge is -2.12. The molecular weight excluding hydrogens is 390 g/mol. The molecule has 2 aromatic rings. The summed E-state index contributed by atoms with van der Waals surface area (Å²) in [5.41, 5.74) is -3.77. The zero-order chi connectivity index (χ0) is 19.5. The maximum Gasteiger partial charge on any atom is 0.416 e. The summed E-state index contributed by atoms with van der Waals surface area (Å²) in [5, 5.41) is 2.91. The average molecular weight is 397 g/mol. The van der Waals surface area contributed by atoms with E-state index in [1.54, 1.807) is 0 Å². The Hall–Kier alpha value is -2.62. The Balaban J connectivity index is 2.27. The molecule has 2 rings (SSSR count). The first-order valence-electron chi connectivity index (χ1n) is 6.63. The van der Waals surface area contributed by atoms with Gasteiger partial charge in [0.15, 0.2) is 0 Å². The summed E-state index contributed by atoms with van der Waals surface area (Å²) >= 11 is 5.64. The number of hydrogen-bond donors (Lipinski definition) is 0. The minimum Gasteiger partial charge on any atom is -0.313 e. The van der Waals surface area contributed by atoms with Crippen molar-refractivity contribution < 1.29 is 36.0 Å². The molecule has 4 nitrogen and oxygen atoms in total. The third-order valence-corrected chi connectivity index (χ3v) is 3.23. The highest BCUT2D eigenvalue weighted by Crippen LogP contribution is 2.36. The second-order valence-corrected chi connectivity index (χ2v) is 5.15. The smallest absolute Gasteiger partial charge is 0.313 e. The van der Waals surface area contributed by atoms with Crippen LogP contribution in [0.1, 0.15) is 27.0 Å². The molecule has 0 amide bonds. The van der Waals surface area contributed by atoms with Crippen LogP contribution < -0.4 is 0 Å². The number of rotatable bonds is 3. The monoisotopic (exact) mass is 396 g/mol. The van der Waals surface area contributed by atoms with Crippen LogP contribution in [0.2, 0.25) is 5.15 Å². The lowest BCUT2D eigenvalue weighted by atomic mass is 10.1. The van der Waals surface area contributed by atoms with Crippen molar-refractivity contribution >= 4 is 23.8 Å². The predicted octanol–water partition coefficient (Wildman–Crippen LogP) is 4.96. The largest absolute Gasteiger partial charge is 0.416 e. The second-order valence-electron chi connectivity index (χ2n) is 4.79. The van der Waals surface area contributed by atoms with Gasteiger partial charge in [-0.05, 0) is 35.9 Å². The van der Waals surface area contributed by atoms with Gasteiger partial charge in [-0.15, -0.1) is 0 Å².